The molecule has 1 aromatic heterocycles. The Labute approximate surface area is 132 Å². The molecule has 0 radical (unpaired) electrons. The van der Waals surface area contributed by atoms with Gasteiger partial charge in [0.15, 0.2) is 0 Å². The van der Waals surface area contributed by atoms with Gasteiger partial charge in [-0.1, -0.05) is 0 Å². The Morgan fingerprint density at radius 3 is 2.81 bits per heavy atom. The Bertz CT molecular complexity index is 757. The summed E-state index contributed by atoms with van der Waals surface area (Å²) in [5.74, 6) is -1.64. The number of rotatable bonds is 4. The standard InChI is InChI=1S/C13H10IN3O4/c14-8-2-3-10(9(6-8)12(19)20)16-11(18)7-17-5-1-4-15-13(17)21/h1-6H,7H2,(H,16,18)(H,19,20). The Balaban J connectivity index is 2.19. The summed E-state index contributed by atoms with van der Waals surface area (Å²) >= 11 is 1.98. The predicted molar refractivity (Wildman–Crippen MR) is 83.2 cm³/mol. The first-order chi connectivity index (χ1) is 9.97. The first kappa shape index (κ1) is 15.2. The first-order valence-electron chi connectivity index (χ1n) is 5.81. The Morgan fingerprint density at radius 2 is 2.14 bits per heavy atom. The minimum atomic E-state index is -1.14. The van der Waals surface area contributed by atoms with E-state index in [1.807, 2.05) is 22.6 Å². The zero-order valence-corrected chi connectivity index (χ0v) is 12.8. The van der Waals surface area contributed by atoms with Crippen molar-refractivity contribution in [3.05, 3.63) is 56.3 Å². The lowest BCUT2D eigenvalue weighted by atomic mass is 10.2. The molecule has 2 aromatic rings. The molecule has 1 heterocycles. The summed E-state index contributed by atoms with van der Waals surface area (Å²) < 4.78 is 1.87. The smallest absolute Gasteiger partial charge is 0.347 e. The average molecular weight is 399 g/mol. The number of carbonyl (C=O) groups excluding carboxylic acids is 1. The van der Waals surface area contributed by atoms with Crippen molar-refractivity contribution in [2.24, 2.45) is 0 Å². The van der Waals surface area contributed by atoms with Gasteiger partial charge in [-0.2, -0.15) is 0 Å². The van der Waals surface area contributed by atoms with Crippen LogP contribution in [0, 0.1) is 3.57 Å². The maximum Gasteiger partial charge on any atom is 0.347 e. The lowest BCUT2D eigenvalue weighted by molar-refractivity contribution is -0.116. The van der Waals surface area contributed by atoms with E-state index in [0.717, 1.165) is 8.14 Å². The van der Waals surface area contributed by atoms with Crippen LogP contribution in [-0.4, -0.2) is 26.5 Å². The van der Waals surface area contributed by atoms with Crippen LogP contribution in [0.1, 0.15) is 10.4 Å². The number of halogens is 1. The van der Waals surface area contributed by atoms with E-state index in [1.165, 1.54) is 30.6 Å². The lowest BCUT2D eigenvalue weighted by Gasteiger charge is -2.09. The Hall–Kier alpha value is -2.23. The molecule has 108 valence electrons. The third kappa shape index (κ3) is 3.88. The van der Waals surface area contributed by atoms with Crippen LogP contribution in [-0.2, 0) is 11.3 Å². The van der Waals surface area contributed by atoms with E-state index in [0.29, 0.717) is 0 Å². The predicted octanol–water partition coefficient (Wildman–Crippen LogP) is 1.18. The fraction of sp³-hybridized carbons (Fsp3) is 0.0769. The molecule has 0 spiro atoms. The highest BCUT2D eigenvalue weighted by Gasteiger charge is 2.13. The van der Waals surface area contributed by atoms with E-state index >= 15 is 0 Å². The van der Waals surface area contributed by atoms with Gasteiger partial charge < -0.3 is 10.4 Å². The topological polar surface area (TPSA) is 101 Å². The van der Waals surface area contributed by atoms with E-state index in [1.54, 1.807) is 6.07 Å². The zero-order valence-electron chi connectivity index (χ0n) is 10.6. The molecule has 0 atom stereocenters. The molecule has 7 nitrogen and oxygen atoms in total. The second-order valence-electron chi connectivity index (χ2n) is 4.07. The highest BCUT2D eigenvalue weighted by atomic mass is 127. The second kappa shape index (κ2) is 6.48. The molecule has 0 aliphatic rings. The zero-order chi connectivity index (χ0) is 15.4. The van der Waals surface area contributed by atoms with Gasteiger partial charge in [0.05, 0.1) is 11.3 Å². The molecule has 2 rings (SSSR count). The lowest BCUT2D eigenvalue weighted by Crippen LogP contribution is -2.28. The van der Waals surface area contributed by atoms with Crippen molar-refractivity contribution >= 4 is 40.2 Å². The van der Waals surface area contributed by atoms with E-state index in [9.17, 15) is 14.4 Å². The van der Waals surface area contributed by atoms with Crippen LogP contribution < -0.4 is 11.0 Å². The molecular weight excluding hydrogens is 389 g/mol. The van der Waals surface area contributed by atoms with Crippen LogP contribution in [0.3, 0.4) is 0 Å². The van der Waals surface area contributed by atoms with Gasteiger partial charge in [0, 0.05) is 16.0 Å². The molecule has 1 amide bonds. The maximum absolute atomic E-state index is 11.9. The average Bonchev–Trinajstić information content (AvgIpc) is 2.43. The highest BCUT2D eigenvalue weighted by Crippen LogP contribution is 2.19. The van der Waals surface area contributed by atoms with Crippen molar-refractivity contribution in [1.29, 1.82) is 0 Å². The van der Waals surface area contributed by atoms with Crippen molar-refractivity contribution in [3.63, 3.8) is 0 Å². The number of hydrogen-bond acceptors (Lipinski definition) is 4. The highest BCUT2D eigenvalue weighted by molar-refractivity contribution is 14.1. The molecule has 0 unspecified atom stereocenters. The van der Waals surface area contributed by atoms with Crippen molar-refractivity contribution in [3.8, 4) is 0 Å². The van der Waals surface area contributed by atoms with E-state index in [2.05, 4.69) is 10.3 Å². The minimum absolute atomic E-state index is 0.00576. The van der Waals surface area contributed by atoms with Gasteiger partial charge in [-0.3, -0.25) is 9.36 Å². The monoisotopic (exact) mass is 399 g/mol. The molecule has 8 heteroatoms. The number of carboxylic acids is 1. The number of benzene rings is 1. The summed E-state index contributed by atoms with van der Waals surface area (Å²) in [6.45, 7) is -0.238. The van der Waals surface area contributed by atoms with Crippen LogP contribution in [0.15, 0.2) is 41.5 Å². The number of anilines is 1. The summed E-state index contributed by atoms with van der Waals surface area (Å²) in [4.78, 5) is 38.0. The molecule has 0 saturated carbocycles. The molecule has 2 N–H and O–H groups in total. The van der Waals surface area contributed by atoms with Gasteiger partial charge in [0.25, 0.3) is 0 Å². The van der Waals surface area contributed by atoms with E-state index in [-0.39, 0.29) is 17.8 Å². The van der Waals surface area contributed by atoms with Crippen molar-refractivity contribution in [2.45, 2.75) is 6.54 Å². The summed E-state index contributed by atoms with van der Waals surface area (Å²) in [5, 5.41) is 11.6. The largest absolute Gasteiger partial charge is 0.478 e. The van der Waals surface area contributed by atoms with Crippen molar-refractivity contribution in [2.75, 3.05) is 5.32 Å². The van der Waals surface area contributed by atoms with Crippen LogP contribution in [0.2, 0.25) is 0 Å². The van der Waals surface area contributed by atoms with Crippen LogP contribution in [0.25, 0.3) is 0 Å². The molecule has 0 aliphatic carbocycles. The van der Waals surface area contributed by atoms with Crippen molar-refractivity contribution in [1.82, 2.24) is 9.55 Å². The summed E-state index contributed by atoms with van der Waals surface area (Å²) in [7, 11) is 0. The van der Waals surface area contributed by atoms with Gasteiger partial charge in [-0.15, -0.1) is 0 Å². The van der Waals surface area contributed by atoms with Gasteiger partial charge in [0.2, 0.25) is 5.91 Å². The van der Waals surface area contributed by atoms with Crippen LogP contribution in [0.5, 0.6) is 0 Å². The first-order valence-corrected chi connectivity index (χ1v) is 6.89. The van der Waals surface area contributed by atoms with Gasteiger partial charge >= 0.3 is 11.7 Å². The fourth-order valence-corrected chi connectivity index (χ4v) is 2.15. The number of hydrogen-bond donors (Lipinski definition) is 2. The number of carbonyl (C=O) groups is 2. The SMILES string of the molecule is O=C(Cn1cccnc1=O)Nc1ccc(I)cc1C(=O)O. The van der Waals surface area contributed by atoms with E-state index < -0.39 is 17.6 Å². The summed E-state index contributed by atoms with van der Waals surface area (Å²) in [6, 6.07) is 6.17. The quantitative estimate of drug-likeness (QED) is 0.753. The molecule has 1 aromatic carbocycles. The molecule has 21 heavy (non-hydrogen) atoms. The number of aromatic nitrogens is 2. The van der Waals surface area contributed by atoms with Crippen LogP contribution >= 0.6 is 22.6 Å². The van der Waals surface area contributed by atoms with Gasteiger partial charge in [-0.05, 0) is 46.9 Å². The number of carboxylic acid groups (broad SMARTS) is 1. The molecule has 0 bridgehead atoms. The minimum Gasteiger partial charge on any atom is -0.478 e. The third-order valence-corrected chi connectivity index (χ3v) is 3.25. The summed E-state index contributed by atoms with van der Waals surface area (Å²) in [5.41, 5.74) is -0.368. The molecule has 0 aliphatic heterocycles. The summed E-state index contributed by atoms with van der Waals surface area (Å²) in [6.07, 6.45) is 2.76. The third-order valence-electron chi connectivity index (χ3n) is 2.58. The number of nitrogens with zero attached hydrogens (tertiary/aromatic N) is 2. The molecular formula is C13H10IN3O4. The number of amides is 1. The van der Waals surface area contributed by atoms with E-state index in [4.69, 9.17) is 5.11 Å². The van der Waals surface area contributed by atoms with Gasteiger partial charge in [0.1, 0.15) is 6.54 Å². The Kier molecular flexibility index (Phi) is 4.68. The number of nitrogens with one attached hydrogen (secondary N) is 1. The fourth-order valence-electron chi connectivity index (χ4n) is 1.65. The molecule has 0 fully saturated rings. The van der Waals surface area contributed by atoms with Crippen LogP contribution in [0.4, 0.5) is 5.69 Å². The number of aromatic carboxylic acids is 1. The second-order valence-corrected chi connectivity index (χ2v) is 5.32. The maximum atomic E-state index is 11.9. The molecule has 0 saturated heterocycles. The van der Waals surface area contributed by atoms with Crippen molar-refractivity contribution < 1.29 is 14.7 Å². The van der Waals surface area contributed by atoms with Gasteiger partial charge in [-0.25, -0.2) is 14.6 Å². The normalized spacial score (nSPS) is 10.1. The Morgan fingerprint density at radius 1 is 1.38 bits per heavy atom.